The van der Waals surface area contributed by atoms with Gasteiger partial charge in [0.25, 0.3) is 5.91 Å². The van der Waals surface area contributed by atoms with E-state index in [2.05, 4.69) is 12.2 Å². The second kappa shape index (κ2) is 6.71. The number of aliphatic hydroxyl groups excluding tert-OH is 1. The highest BCUT2D eigenvalue weighted by molar-refractivity contribution is 5.94. The van der Waals surface area contributed by atoms with Gasteiger partial charge in [0.05, 0.1) is 6.10 Å². The Morgan fingerprint density at radius 3 is 2.63 bits per heavy atom. The molecule has 0 saturated heterocycles. The number of benzene rings is 1. The highest BCUT2D eigenvalue weighted by Gasteiger charge is 2.29. The van der Waals surface area contributed by atoms with Gasteiger partial charge >= 0.3 is 0 Å². The van der Waals surface area contributed by atoms with Crippen LogP contribution in [0, 0.1) is 5.92 Å². The minimum atomic E-state index is -0.243. The molecule has 104 valence electrons. The van der Waals surface area contributed by atoms with Crippen molar-refractivity contribution in [1.82, 2.24) is 5.32 Å². The SMILES string of the molecule is CCCc1ccc(C(=O)NCCC(O)C2CC2)cc1. The molecule has 1 aliphatic rings. The van der Waals surface area contributed by atoms with Gasteiger partial charge in [-0.05, 0) is 49.3 Å². The van der Waals surface area contributed by atoms with Crippen molar-refractivity contribution in [2.24, 2.45) is 5.92 Å². The summed E-state index contributed by atoms with van der Waals surface area (Å²) in [6.45, 7) is 2.69. The van der Waals surface area contributed by atoms with E-state index in [0.717, 1.165) is 25.7 Å². The number of aryl methyl sites for hydroxylation is 1. The highest BCUT2D eigenvalue weighted by Crippen LogP contribution is 2.33. The van der Waals surface area contributed by atoms with Gasteiger partial charge in [-0.15, -0.1) is 0 Å². The standard InChI is InChI=1S/C16H23NO2/c1-2-3-12-4-6-14(7-5-12)16(19)17-11-10-15(18)13-8-9-13/h4-7,13,15,18H,2-3,8-11H2,1H3,(H,17,19). The average molecular weight is 261 g/mol. The molecular formula is C16H23NO2. The molecule has 1 amide bonds. The van der Waals surface area contributed by atoms with Crippen LogP contribution in [0.4, 0.5) is 0 Å². The Bertz CT molecular complexity index is 409. The van der Waals surface area contributed by atoms with Crippen molar-refractivity contribution in [3.05, 3.63) is 35.4 Å². The van der Waals surface area contributed by atoms with E-state index in [1.165, 1.54) is 5.56 Å². The summed E-state index contributed by atoms with van der Waals surface area (Å²) in [6, 6.07) is 7.77. The quantitative estimate of drug-likeness (QED) is 0.792. The lowest BCUT2D eigenvalue weighted by atomic mass is 10.1. The Kier molecular flexibility index (Phi) is 4.97. The molecule has 2 N–H and O–H groups in total. The van der Waals surface area contributed by atoms with Crippen LogP contribution in [0.25, 0.3) is 0 Å². The van der Waals surface area contributed by atoms with Crippen molar-refractivity contribution >= 4 is 5.91 Å². The van der Waals surface area contributed by atoms with E-state index >= 15 is 0 Å². The Balaban J connectivity index is 1.75. The summed E-state index contributed by atoms with van der Waals surface area (Å²) in [6.07, 6.45) is 4.85. The summed E-state index contributed by atoms with van der Waals surface area (Å²) in [5.74, 6) is 0.427. The van der Waals surface area contributed by atoms with E-state index in [1.807, 2.05) is 24.3 Å². The summed E-state index contributed by atoms with van der Waals surface area (Å²) in [5.41, 5.74) is 1.96. The fraction of sp³-hybridized carbons (Fsp3) is 0.562. The molecule has 1 aromatic carbocycles. The van der Waals surface area contributed by atoms with E-state index in [4.69, 9.17) is 0 Å². The summed E-state index contributed by atoms with van der Waals surface area (Å²) < 4.78 is 0. The third-order valence-electron chi connectivity index (χ3n) is 3.65. The number of nitrogens with one attached hydrogen (secondary N) is 1. The van der Waals surface area contributed by atoms with Crippen molar-refractivity contribution in [2.75, 3.05) is 6.54 Å². The Hall–Kier alpha value is -1.35. The molecule has 0 aromatic heterocycles. The number of carbonyl (C=O) groups is 1. The van der Waals surface area contributed by atoms with Crippen LogP contribution in [-0.4, -0.2) is 23.7 Å². The Morgan fingerprint density at radius 2 is 2.05 bits per heavy atom. The van der Waals surface area contributed by atoms with Crippen molar-refractivity contribution in [3.8, 4) is 0 Å². The molecule has 2 rings (SSSR count). The highest BCUT2D eigenvalue weighted by atomic mass is 16.3. The third-order valence-corrected chi connectivity index (χ3v) is 3.65. The van der Waals surface area contributed by atoms with Crippen LogP contribution < -0.4 is 5.32 Å². The molecule has 0 heterocycles. The minimum Gasteiger partial charge on any atom is -0.393 e. The van der Waals surface area contributed by atoms with Gasteiger partial charge < -0.3 is 10.4 Å². The van der Waals surface area contributed by atoms with Crippen molar-refractivity contribution in [3.63, 3.8) is 0 Å². The van der Waals surface area contributed by atoms with Crippen LogP contribution in [0.15, 0.2) is 24.3 Å². The molecule has 0 spiro atoms. The maximum absolute atomic E-state index is 11.9. The van der Waals surface area contributed by atoms with Crippen molar-refractivity contribution in [1.29, 1.82) is 0 Å². The monoisotopic (exact) mass is 261 g/mol. The first-order valence-electron chi connectivity index (χ1n) is 7.26. The van der Waals surface area contributed by atoms with Crippen LogP contribution in [0.1, 0.15) is 48.5 Å². The Morgan fingerprint density at radius 1 is 1.37 bits per heavy atom. The Labute approximate surface area is 115 Å². The number of aliphatic hydroxyl groups is 1. The lowest BCUT2D eigenvalue weighted by molar-refractivity contribution is 0.0937. The van der Waals surface area contributed by atoms with Gasteiger partial charge in [0.1, 0.15) is 0 Å². The smallest absolute Gasteiger partial charge is 0.251 e. The minimum absolute atomic E-state index is 0.0500. The summed E-state index contributed by atoms with van der Waals surface area (Å²) in [7, 11) is 0. The molecule has 3 nitrogen and oxygen atoms in total. The average Bonchev–Trinajstić information content (AvgIpc) is 3.24. The van der Waals surface area contributed by atoms with E-state index in [9.17, 15) is 9.90 Å². The van der Waals surface area contributed by atoms with Crippen molar-refractivity contribution in [2.45, 2.75) is 45.1 Å². The molecule has 1 aliphatic carbocycles. The predicted octanol–water partition coefficient (Wildman–Crippen LogP) is 2.53. The van der Waals surface area contributed by atoms with Gasteiger partial charge in [0.15, 0.2) is 0 Å². The number of hydrogen-bond acceptors (Lipinski definition) is 2. The first-order chi connectivity index (χ1) is 9.20. The maximum Gasteiger partial charge on any atom is 0.251 e. The zero-order chi connectivity index (χ0) is 13.7. The second-order valence-corrected chi connectivity index (χ2v) is 5.40. The number of rotatable bonds is 7. The van der Waals surface area contributed by atoms with Crippen LogP contribution in [0.5, 0.6) is 0 Å². The fourth-order valence-corrected chi connectivity index (χ4v) is 2.26. The van der Waals surface area contributed by atoms with Gasteiger partial charge in [0.2, 0.25) is 0 Å². The molecule has 1 saturated carbocycles. The molecule has 0 radical (unpaired) electrons. The number of carbonyl (C=O) groups excluding carboxylic acids is 1. The molecule has 19 heavy (non-hydrogen) atoms. The van der Waals surface area contributed by atoms with Crippen molar-refractivity contribution < 1.29 is 9.90 Å². The first-order valence-corrected chi connectivity index (χ1v) is 7.26. The first kappa shape index (κ1) is 14.1. The van der Waals surface area contributed by atoms with Crippen LogP contribution in [0.2, 0.25) is 0 Å². The molecule has 0 aliphatic heterocycles. The number of amides is 1. The predicted molar refractivity (Wildman–Crippen MR) is 76.1 cm³/mol. The van der Waals surface area contributed by atoms with E-state index in [-0.39, 0.29) is 12.0 Å². The summed E-state index contributed by atoms with van der Waals surface area (Å²) >= 11 is 0. The third kappa shape index (κ3) is 4.35. The van der Waals surface area contributed by atoms with Crippen LogP contribution >= 0.6 is 0 Å². The fourth-order valence-electron chi connectivity index (χ4n) is 2.26. The second-order valence-electron chi connectivity index (χ2n) is 5.40. The largest absolute Gasteiger partial charge is 0.393 e. The summed E-state index contributed by atoms with van der Waals surface area (Å²) in [4.78, 5) is 11.9. The maximum atomic E-state index is 11.9. The van der Waals surface area contributed by atoms with Crippen LogP contribution in [0.3, 0.4) is 0 Å². The van der Waals surface area contributed by atoms with Gasteiger partial charge in [-0.2, -0.15) is 0 Å². The lowest BCUT2D eigenvalue weighted by Gasteiger charge is -2.10. The molecule has 1 atom stereocenters. The lowest BCUT2D eigenvalue weighted by Crippen LogP contribution is -2.27. The molecular weight excluding hydrogens is 238 g/mol. The summed E-state index contributed by atoms with van der Waals surface area (Å²) in [5, 5.41) is 12.6. The van der Waals surface area contributed by atoms with Gasteiger partial charge in [0, 0.05) is 12.1 Å². The van der Waals surface area contributed by atoms with Gasteiger partial charge in [-0.25, -0.2) is 0 Å². The normalized spacial score (nSPS) is 16.1. The number of hydrogen-bond donors (Lipinski definition) is 2. The molecule has 0 bridgehead atoms. The molecule has 3 heteroatoms. The molecule has 1 aromatic rings. The van der Waals surface area contributed by atoms with E-state index in [1.54, 1.807) is 0 Å². The molecule has 1 fully saturated rings. The topological polar surface area (TPSA) is 49.3 Å². The van der Waals surface area contributed by atoms with Gasteiger partial charge in [-0.3, -0.25) is 4.79 Å². The van der Waals surface area contributed by atoms with E-state index in [0.29, 0.717) is 24.4 Å². The zero-order valence-electron chi connectivity index (χ0n) is 11.6. The van der Waals surface area contributed by atoms with E-state index < -0.39 is 0 Å². The van der Waals surface area contributed by atoms with Gasteiger partial charge in [-0.1, -0.05) is 25.5 Å². The zero-order valence-corrected chi connectivity index (χ0v) is 11.6. The van der Waals surface area contributed by atoms with Crippen LogP contribution in [-0.2, 0) is 6.42 Å². The molecule has 1 unspecified atom stereocenters.